The topological polar surface area (TPSA) is 49.4 Å². The molecule has 2 aromatic rings. The molecule has 1 aliphatic heterocycles. The van der Waals surface area contributed by atoms with Crippen LogP contribution in [-0.2, 0) is 9.59 Å². The van der Waals surface area contributed by atoms with Crippen molar-refractivity contribution in [2.45, 2.75) is 17.1 Å². The molecule has 0 saturated carbocycles. The predicted molar refractivity (Wildman–Crippen MR) is 93.8 cm³/mol. The Labute approximate surface area is 152 Å². The third kappa shape index (κ3) is 4.01. The van der Waals surface area contributed by atoms with Gasteiger partial charge >= 0.3 is 0 Å². The Morgan fingerprint density at radius 1 is 1.15 bits per heavy atom. The van der Waals surface area contributed by atoms with Crippen LogP contribution in [0.5, 0.6) is 0 Å². The van der Waals surface area contributed by atoms with Gasteiger partial charge in [0.25, 0.3) is 5.76 Å². The summed E-state index contributed by atoms with van der Waals surface area (Å²) >= 11 is 0.335. The number of hydrogen-bond donors (Lipinski definition) is 1. The second kappa shape index (κ2) is 7.82. The Hall–Kier alpha value is -2.48. The van der Waals surface area contributed by atoms with E-state index in [9.17, 15) is 22.8 Å². The molecule has 0 aliphatic carbocycles. The van der Waals surface area contributed by atoms with Gasteiger partial charge in [-0.05, 0) is 24.3 Å². The molecule has 1 N–H and O–H groups in total. The summed E-state index contributed by atoms with van der Waals surface area (Å²) in [5, 5.41) is 2.60. The van der Waals surface area contributed by atoms with Crippen LogP contribution in [0.15, 0.2) is 53.4 Å². The zero-order chi connectivity index (χ0) is 18.7. The van der Waals surface area contributed by atoms with E-state index in [1.807, 2.05) is 0 Å². The van der Waals surface area contributed by atoms with E-state index in [1.54, 1.807) is 18.2 Å². The zero-order valence-corrected chi connectivity index (χ0v) is 14.3. The largest absolute Gasteiger partial charge is 0.325 e. The highest BCUT2D eigenvalue weighted by Crippen LogP contribution is 2.33. The van der Waals surface area contributed by atoms with Crippen LogP contribution in [0.4, 0.5) is 24.5 Å². The SMILES string of the molecule is O=C(Nc1ccccc1SC(F)F)C1CC(=O)N(c2ccccc2F)C1. The van der Waals surface area contributed by atoms with Crippen molar-refractivity contribution in [2.75, 3.05) is 16.8 Å². The number of anilines is 2. The third-order valence-corrected chi connectivity index (χ3v) is 4.79. The van der Waals surface area contributed by atoms with Crippen molar-refractivity contribution in [3.8, 4) is 0 Å². The Kier molecular flexibility index (Phi) is 5.51. The molecule has 2 aromatic carbocycles. The van der Waals surface area contributed by atoms with Crippen molar-refractivity contribution in [2.24, 2.45) is 5.92 Å². The van der Waals surface area contributed by atoms with Crippen LogP contribution >= 0.6 is 11.8 Å². The molecule has 2 amide bonds. The summed E-state index contributed by atoms with van der Waals surface area (Å²) in [6.07, 6.45) is -0.0652. The van der Waals surface area contributed by atoms with Crippen molar-refractivity contribution in [3.05, 3.63) is 54.3 Å². The zero-order valence-electron chi connectivity index (χ0n) is 13.5. The van der Waals surface area contributed by atoms with E-state index in [0.29, 0.717) is 11.8 Å². The lowest BCUT2D eigenvalue weighted by atomic mass is 10.1. The second-order valence-electron chi connectivity index (χ2n) is 5.72. The number of benzene rings is 2. The van der Waals surface area contributed by atoms with Crippen LogP contribution in [0, 0.1) is 11.7 Å². The molecule has 0 spiro atoms. The minimum absolute atomic E-state index is 0.0375. The van der Waals surface area contributed by atoms with E-state index < -0.39 is 23.4 Å². The first kappa shape index (κ1) is 18.3. The molecule has 1 atom stereocenters. The summed E-state index contributed by atoms with van der Waals surface area (Å²) in [6.45, 7) is 0.0375. The van der Waals surface area contributed by atoms with Crippen LogP contribution in [0.2, 0.25) is 0 Å². The van der Waals surface area contributed by atoms with Gasteiger partial charge in [0.2, 0.25) is 11.8 Å². The molecule has 4 nitrogen and oxygen atoms in total. The summed E-state index contributed by atoms with van der Waals surface area (Å²) in [6, 6.07) is 12.1. The molecule has 26 heavy (non-hydrogen) atoms. The smallest absolute Gasteiger partial charge is 0.288 e. The number of nitrogens with zero attached hydrogens (tertiary/aromatic N) is 1. The van der Waals surface area contributed by atoms with Crippen LogP contribution in [0.25, 0.3) is 0 Å². The number of carbonyl (C=O) groups is 2. The van der Waals surface area contributed by atoms with Crippen molar-refractivity contribution in [1.29, 1.82) is 0 Å². The highest BCUT2D eigenvalue weighted by molar-refractivity contribution is 7.99. The summed E-state index contributed by atoms with van der Waals surface area (Å²) in [4.78, 5) is 26.1. The Balaban J connectivity index is 1.72. The standard InChI is InChI=1S/C18H15F3N2O2S/c19-12-5-1-3-7-14(12)23-10-11(9-16(23)24)17(25)22-13-6-2-4-8-15(13)26-18(20)21/h1-8,11,18H,9-10H2,(H,22,25). The summed E-state index contributed by atoms with van der Waals surface area (Å²) in [5.74, 6) is -4.66. The fourth-order valence-corrected chi connectivity index (χ4v) is 3.39. The average Bonchev–Trinajstić information content (AvgIpc) is 2.98. The fraction of sp³-hybridized carbons (Fsp3) is 0.222. The molecule has 0 aromatic heterocycles. The van der Waals surface area contributed by atoms with Crippen LogP contribution < -0.4 is 10.2 Å². The van der Waals surface area contributed by atoms with E-state index in [-0.39, 0.29) is 35.1 Å². The number of amides is 2. The maximum Gasteiger partial charge on any atom is 0.288 e. The predicted octanol–water partition coefficient (Wildman–Crippen LogP) is 4.13. The van der Waals surface area contributed by atoms with E-state index in [1.165, 1.54) is 35.2 Å². The van der Waals surface area contributed by atoms with Gasteiger partial charge in [-0.1, -0.05) is 36.0 Å². The molecule has 1 unspecified atom stereocenters. The molecule has 1 saturated heterocycles. The quantitative estimate of drug-likeness (QED) is 0.794. The fourth-order valence-electron chi connectivity index (χ4n) is 2.79. The molecule has 0 bridgehead atoms. The third-order valence-electron chi connectivity index (χ3n) is 4.00. The van der Waals surface area contributed by atoms with E-state index in [0.717, 1.165) is 0 Å². The summed E-state index contributed by atoms with van der Waals surface area (Å²) < 4.78 is 39.2. The van der Waals surface area contributed by atoms with Crippen LogP contribution in [0.3, 0.4) is 0 Å². The number of carbonyl (C=O) groups excluding carboxylic acids is 2. The summed E-state index contributed by atoms with van der Waals surface area (Å²) in [7, 11) is 0. The number of alkyl halides is 2. The van der Waals surface area contributed by atoms with Crippen molar-refractivity contribution in [1.82, 2.24) is 0 Å². The van der Waals surface area contributed by atoms with Gasteiger partial charge in [0.05, 0.1) is 17.3 Å². The highest BCUT2D eigenvalue weighted by atomic mass is 32.2. The first-order valence-corrected chi connectivity index (χ1v) is 8.73. The van der Waals surface area contributed by atoms with Crippen molar-refractivity contribution in [3.63, 3.8) is 0 Å². The molecule has 1 fully saturated rings. The van der Waals surface area contributed by atoms with Crippen LogP contribution in [-0.4, -0.2) is 24.1 Å². The second-order valence-corrected chi connectivity index (χ2v) is 6.75. The van der Waals surface area contributed by atoms with Gasteiger partial charge < -0.3 is 10.2 Å². The average molecular weight is 380 g/mol. The number of thioether (sulfide) groups is 1. The number of rotatable bonds is 5. The summed E-state index contributed by atoms with van der Waals surface area (Å²) in [5.41, 5.74) is 0.390. The molecule has 136 valence electrons. The minimum Gasteiger partial charge on any atom is -0.325 e. The van der Waals surface area contributed by atoms with Gasteiger partial charge in [-0.2, -0.15) is 8.78 Å². The van der Waals surface area contributed by atoms with Crippen molar-refractivity contribution >= 4 is 35.0 Å². The van der Waals surface area contributed by atoms with E-state index in [4.69, 9.17) is 0 Å². The normalized spacial score (nSPS) is 17.0. The number of nitrogens with one attached hydrogen (secondary N) is 1. The number of halogens is 3. The number of hydrogen-bond acceptors (Lipinski definition) is 3. The first-order valence-electron chi connectivity index (χ1n) is 7.85. The lowest BCUT2D eigenvalue weighted by Gasteiger charge is -2.17. The molecular weight excluding hydrogens is 365 g/mol. The molecule has 1 aliphatic rings. The molecule has 1 heterocycles. The Bertz CT molecular complexity index is 832. The molecule has 8 heteroatoms. The van der Waals surface area contributed by atoms with E-state index >= 15 is 0 Å². The van der Waals surface area contributed by atoms with Crippen LogP contribution in [0.1, 0.15) is 6.42 Å². The van der Waals surface area contributed by atoms with Gasteiger partial charge in [0.15, 0.2) is 0 Å². The van der Waals surface area contributed by atoms with Crippen molar-refractivity contribution < 1.29 is 22.8 Å². The maximum absolute atomic E-state index is 13.9. The number of para-hydroxylation sites is 2. The molecule has 0 radical (unpaired) electrons. The Morgan fingerprint density at radius 2 is 1.85 bits per heavy atom. The monoisotopic (exact) mass is 380 g/mol. The van der Waals surface area contributed by atoms with Gasteiger partial charge in [0.1, 0.15) is 5.82 Å². The van der Waals surface area contributed by atoms with Gasteiger partial charge in [-0.3, -0.25) is 9.59 Å². The van der Waals surface area contributed by atoms with E-state index in [2.05, 4.69) is 5.32 Å². The highest BCUT2D eigenvalue weighted by Gasteiger charge is 2.36. The minimum atomic E-state index is -2.61. The molecule has 3 rings (SSSR count). The first-order chi connectivity index (χ1) is 12.5. The van der Waals surface area contributed by atoms with Gasteiger partial charge in [-0.15, -0.1) is 0 Å². The molecular formula is C18H15F3N2O2S. The maximum atomic E-state index is 13.9. The lowest BCUT2D eigenvalue weighted by Crippen LogP contribution is -2.28. The van der Waals surface area contributed by atoms with Gasteiger partial charge in [-0.25, -0.2) is 4.39 Å². The Morgan fingerprint density at radius 3 is 2.58 bits per heavy atom. The van der Waals surface area contributed by atoms with Gasteiger partial charge in [0, 0.05) is 17.9 Å². The lowest BCUT2D eigenvalue weighted by molar-refractivity contribution is -0.122.